The maximum absolute atomic E-state index is 13.7. The Morgan fingerprint density at radius 2 is 1.89 bits per heavy atom. The minimum Gasteiger partial charge on any atom is -0.228 e. The van der Waals surface area contributed by atoms with E-state index in [1.54, 1.807) is 12.1 Å². The summed E-state index contributed by atoms with van der Waals surface area (Å²) in [4.78, 5) is 8.58. The highest BCUT2D eigenvalue weighted by molar-refractivity contribution is 7.98. The summed E-state index contributed by atoms with van der Waals surface area (Å²) in [6, 6.07) is 8.30. The van der Waals surface area contributed by atoms with Crippen LogP contribution in [0.5, 0.6) is 0 Å². The van der Waals surface area contributed by atoms with Crippen LogP contribution in [0.1, 0.15) is 22.5 Å². The maximum Gasteiger partial charge on any atom is 0.188 e. The summed E-state index contributed by atoms with van der Waals surface area (Å²) < 4.78 is 13.7. The Labute approximate surface area is 115 Å². The highest BCUT2D eigenvalue weighted by atomic mass is 32.2. The molecule has 1 aromatic heterocycles. The van der Waals surface area contributed by atoms with E-state index in [2.05, 4.69) is 9.97 Å². The highest BCUT2D eigenvalue weighted by Crippen LogP contribution is 2.22. The van der Waals surface area contributed by atoms with E-state index in [4.69, 9.17) is 5.26 Å². The van der Waals surface area contributed by atoms with Gasteiger partial charge in [-0.25, -0.2) is 14.4 Å². The van der Waals surface area contributed by atoms with Gasteiger partial charge in [0, 0.05) is 17.1 Å². The van der Waals surface area contributed by atoms with Gasteiger partial charge in [-0.3, -0.25) is 0 Å². The Balaban J connectivity index is 2.12. The molecule has 2 aromatic rings. The molecule has 19 heavy (non-hydrogen) atoms. The molecule has 0 fully saturated rings. The minimum absolute atomic E-state index is 0.328. The molecule has 0 aliphatic carbocycles. The van der Waals surface area contributed by atoms with E-state index in [1.165, 1.54) is 17.8 Å². The first-order valence-electron chi connectivity index (χ1n) is 5.72. The number of benzene rings is 1. The quantitative estimate of drug-likeness (QED) is 0.635. The first kappa shape index (κ1) is 13.5. The molecule has 3 nitrogen and oxygen atoms in total. The van der Waals surface area contributed by atoms with Gasteiger partial charge in [-0.05, 0) is 37.6 Å². The molecule has 0 aliphatic rings. The van der Waals surface area contributed by atoms with Crippen LogP contribution in [0.4, 0.5) is 4.39 Å². The van der Waals surface area contributed by atoms with Crippen LogP contribution in [0.25, 0.3) is 0 Å². The molecule has 0 amide bonds. The van der Waals surface area contributed by atoms with Crippen LogP contribution in [-0.4, -0.2) is 9.97 Å². The van der Waals surface area contributed by atoms with Crippen molar-refractivity contribution in [3.05, 3.63) is 52.6 Å². The molecular weight excluding hydrogens is 261 g/mol. The van der Waals surface area contributed by atoms with E-state index in [1.807, 2.05) is 26.0 Å². The molecule has 96 valence electrons. The first-order chi connectivity index (χ1) is 9.08. The van der Waals surface area contributed by atoms with Crippen molar-refractivity contribution in [2.75, 3.05) is 0 Å². The van der Waals surface area contributed by atoms with Crippen molar-refractivity contribution in [1.29, 1.82) is 5.26 Å². The molecule has 0 N–H and O–H groups in total. The van der Waals surface area contributed by atoms with Crippen LogP contribution in [0, 0.1) is 31.0 Å². The van der Waals surface area contributed by atoms with Crippen molar-refractivity contribution in [2.45, 2.75) is 24.8 Å². The van der Waals surface area contributed by atoms with Crippen molar-refractivity contribution in [3.8, 4) is 6.07 Å². The van der Waals surface area contributed by atoms with Crippen LogP contribution < -0.4 is 0 Å². The second kappa shape index (κ2) is 5.81. The number of aryl methyl sites for hydroxylation is 2. The van der Waals surface area contributed by atoms with E-state index in [0.717, 1.165) is 11.4 Å². The smallest absolute Gasteiger partial charge is 0.188 e. The highest BCUT2D eigenvalue weighted by Gasteiger charge is 2.06. The molecule has 2 rings (SSSR count). The Kier molecular flexibility index (Phi) is 4.13. The molecule has 0 saturated heterocycles. The van der Waals surface area contributed by atoms with E-state index in [9.17, 15) is 4.39 Å². The Morgan fingerprint density at radius 1 is 1.21 bits per heavy atom. The van der Waals surface area contributed by atoms with Gasteiger partial charge in [-0.2, -0.15) is 5.26 Å². The zero-order chi connectivity index (χ0) is 13.8. The molecule has 1 aromatic carbocycles. The van der Waals surface area contributed by atoms with Crippen LogP contribution in [0.3, 0.4) is 0 Å². The molecule has 0 spiro atoms. The number of halogens is 1. The van der Waals surface area contributed by atoms with Crippen LogP contribution in [-0.2, 0) is 5.75 Å². The van der Waals surface area contributed by atoms with Crippen LogP contribution in [0.15, 0.2) is 29.4 Å². The monoisotopic (exact) mass is 273 g/mol. The fourth-order valence-electron chi connectivity index (χ4n) is 1.63. The number of nitriles is 1. The van der Waals surface area contributed by atoms with Crippen molar-refractivity contribution in [1.82, 2.24) is 9.97 Å². The lowest BCUT2D eigenvalue weighted by Crippen LogP contribution is -1.94. The van der Waals surface area contributed by atoms with Crippen LogP contribution >= 0.6 is 11.8 Å². The zero-order valence-corrected chi connectivity index (χ0v) is 11.5. The summed E-state index contributed by atoms with van der Waals surface area (Å²) in [6.45, 7) is 3.81. The molecule has 1 heterocycles. The predicted octanol–water partition coefficient (Wildman–Crippen LogP) is 3.40. The second-order valence-corrected chi connectivity index (χ2v) is 5.08. The summed E-state index contributed by atoms with van der Waals surface area (Å²) in [5, 5.41) is 9.32. The lowest BCUT2D eigenvalue weighted by molar-refractivity contribution is 0.617. The molecule has 0 saturated carbocycles. The summed E-state index contributed by atoms with van der Waals surface area (Å²) in [7, 11) is 0. The second-order valence-electron chi connectivity index (χ2n) is 4.14. The molecule has 5 heteroatoms. The van der Waals surface area contributed by atoms with Crippen LogP contribution in [0.2, 0.25) is 0 Å². The summed E-state index contributed by atoms with van der Waals surface area (Å²) in [6.07, 6.45) is 0. The fourth-order valence-corrected chi connectivity index (χ4v) is 2.57. The van der Waals surface area contributed by atoms with E-state index in [0.29, 0.717) is 22.0 Å². The van der Waals surface area contributed by atoms with E-state index < -0.39 is 0 Å². The van der Waals surface area contributed by atoms with E-state index in [-0.39, 0.29) is 5.82 Å². The predicted molar refractivity (Wildman–Crippen MR) is 72.2 cm³/mol. The van der Waals surface area contributed by atoms with Gasteiger partial charge in [0.05, 0.1) is 11.6 Å². The van der Waals surface area contributed by atoms with Crippen molar-refractivity contribution in [3.63, 3.8) is 0 Å². The van der Waals surface area contributed by atoms with Gasteiger partial charge in [0.15, 0.2) is 5.16 Å². The normalized spacial score (nSPS) is 10.2. The third kappa shape index (κ3) is 3.52. The summed E-state index contributed by atoms with van der Waals surface area (Å²) >= 11 is 1.38. The minimum atomic E-state index is -0.365. The van der Waals surface area contributed by atoms with Gasteiger partial charge in [0.1, 0.15) is 5.82 Å². The fraction of sp³-hybridized carbons (Fsp3) is 0.214. The molecule has 0 radical (unpaired) electrons. The third-order valence-electron chi connectivity index (χ3n) is 2.50. The zero-order valence-electron chi connectivity index (χ0n) is 10.6. The molecule has 0 aliphatic heterocycles. The molecule has 0 bridgehead atoms. The molecule has 0 unspecified atom stereocenters. The number of rotatable bonds is 3. The van der Waals surface area contributed by atoms with Crippen molar-refractivity contribution < 1.29 is 4.39 Å². The van der Waals surface area contributed by atoms with Gasteiger partial charge in [0.2, 0.25) is 0 Å². The SMILES string of the molecule is Cc1cc(C)nc(SCc2ccc(C#N)cc2F)n1. The van der Waals surface area contributed by atoms with Gasteiger partial charge in [-0.15, -0.1) is 0 Å². The lowest BCUT2D eigenvalue weighted by Gasteiger charge is -2.04. The third-order valence-corrected chi connectivity index (χ3v) is 3.40. The van der Waals surface area contributed by atoms with Gasteiger partial charge in [0.25, 0.3) is 0 Å². The van der Waals surface area contributed by atoms with Gasteiger partial charge >= 0.3 is 0 Å². The first-order valence-corrected chi connectivity index (χ1v) is 6.70. The number of hydrogen-bond donors (Lipinski definition) is 0. The summed E-state index contributed by atoms with van der Waals surface area (Å²) in [5.41, 5.74) is 2.67. The molecular formula is C14H12FN3S. The standard InChI is InChI=1S/C14H12FN3S/c1-9-5-10(2)18-14(17-9)19-8-12-4-3-11(7-16)6-13(12)15/h3-6H,8H2,1-2H3. The number of nitrogens with zero attached hydrogens (tertiary/aromatic N) is 3. The number of aromatic nitrogens is 2. The number of thioether (sulfide) groups is 1. The molecule has 0 atom stereocenters. The maximum atomic E-state index is 13.7. The summed E-state index contributed by atoms with van der Waals surface area (Å²) in [5.74, 6) is 0.0800. The Morgan fingerprint density at radius 3 is 2.47 bits per heavy atom. The average molecular weight is 273 g/mol. The largest absolute Gasteiger partial charge is 0.228 e. The topological polar surface area (TPSA) is 49.6 Å². The Bertz CT molecular complexity index is 629. The Hall–Kier alpha value is -1.93. The van der Waals surface area contributed by atoms with Gasteiger partial charge < -0.3 is 0 Å². The van der Waals surface area contributed by atoms with Gasteiger partial charge in [-0.1, -0.05) is 17.8 Å². The number of hydrogen-bond acceptors (Lipinski definition) is 4. The van der Waals surface area contributed by atoms with Crippen molar-refractivity contribution in [2.24, 2.45) is 0 Å². The lowest BCUT2D eigenvalue weighted by atomic mass is 10.1. The van der Waals surface area contributed by atoms with Crippen molar-refractivity contribution >= 4 is 11.8 Å². The van der Waals surface area contributed by atoms with E-state index >= 15 is 0 Å². The average Bonchev–Trinajstić information content (AvgIpc) is 2.36.